The quantitative estimate of drug-likeness (QED) is 0.863. The molecule has 0 spiro atoms. The molecule has 2 aromatic carbocycles. The number of hydrogen-bond acceptors (Lipinski definition) is 2. The predicted octanol–water partition coefficient (Wildman–Crippen LogP) is 2.71. The van der Waals surface area contributed by atoms with Crippen molar-refractivity contribution in [2.45, 2.75) is 13.5 Å². The second-order valence-corrected chi connectivity index (χ2v) is 4.25. The van der Waals surface area contributed by atoms with E-state index in [4.69, 9.17) is 5.73 Å². The highest BCUT2D eigenvalue weighted by atomic mass is 16.1. The standard InChI is InChI=1S/C15H16N2O/c1-11-6-8-12(9-7-11)10-17-14-5-3-2-4-13(14)15(16)18/h2-9,17H,10H2,1H3,(H2,16,18). The maximum atomic E-state index is 11.3. The third-order valence-corrected chi connectivity index (χ3v) is 2.80. The average Bonchev–Trinajstić information content (AvgIpc) is 2.38. The van der Waals surface area contributed by atoms with Crippen LogP contribution in [0, 0.1) is 6.92 Å². The van der Waals surface area contributed by atoms with E-state index in [2.05, 4.69) is 36.5 Å². The summed E-state index contributed by atoms with van der Waals surface area (Å²) in [4.78, 5) is 11.3. The lowest BCUT2D eigenvalue weighted by atomic mass is 10.1. The molecule has 0 aliphatic heterocycles. The number of aryl methyl sites for hydroxylation is 1. The maximum Gasteiger partial charge on any atom is 0.250 e. The zero-order chi connectivity index (χ0) is 13.0. The van der Waals surface area contributed by atoms with Gasteiger partial charge in [0.2, 0.25) is 0 Å². The summed E-state index contributed by atoms with van der Waals surface area (Å²) in [7, 11) is 0. The fraction of sp³-hybridized carbons (Fsp3) is 0.133. The summed E-state index contributed by atoms with van der Waals surface area (Å²) in [5.74, 6) is -0.415. The van der Waals surface area contributed by atoms with Gasteiger partial charge in [-0.15, -0.1) is 0 Å². The van der Waals surface area contributed by atoms with Crippen molar-refractivity contribution in [1.29, 1.82) is 0 Å². The van der Waals surface area contributed by atoms with E-state index in [0.717, 1.165) is 5.69 Å². The molecule has 2 aromatic rings. The minimum Gasteiger partial charge on any atom is -0.380 e. The molecule has 0 heterocycles. The molecule has 3 heteroatoms. The first-order chi connectivity index (χ1) is 8.66. The summed E-state index contributed by atoms with van der Waals surface area (Å²) in [6.45, 7) is 2.73. The first kappa shape index (κ1) is 12.2. The topological polar surface area (TPSA) is 55.1 Å². The number of nitrogens with two attached hydrogens (primary N) is 1. The number of carbonyl (C=O) groups is 1. The highest BCUT2D eigenvalue weighted by Gasteiger charge is 2.06. The monoisotopic (exact) mass is 240 g/mol. The van der Waals surface area contributed by atoms with Crippen molar-refractivity contribution in [3.63, 3.8) is 0 Å². The van der Waals surface area contributed by atoms with Crippen molar-refractivity contribution >= 4 is 11.6 Å². The fourth-order valence-corrected chi connectivity index (χ4v) is 1.76. The van der Waals surface area contributed by atoms with Crippen molar-refractivity contribution < 1.29 is 4.79 Å². The Balaban J connectivity index is 2.10. The molecule has 0 bridgehead atoms. The van der Waals surface area contributed by atoms with E-state index in [-0.39, 0.29) is 0 Å². The van der Waals surface area contributed by atoms with Crippen molar-refractivity contribution in [1.82, 2.24) is 0 Å². The van der Waals surface area contributed by atoms with E-state index >= 15 is 0 Å². The molecule has 2 rings (SSSR count). The Labute approximate surface area is 107 Å². The van der Waals surface area contributed by atoms with Gasteiger partial charge in [-0.3, -0.25) is 4.79 Å². The number of para-hydroxylation sites is 1. The molecule has 3 N–H and O–H groups in total. The lowest BCUT2D eigenvalue weighted by molar-refractivity contribution is 0.100. The van der Waals surface area contributed by atoms with Crippen LogP contribution in [-0.4, -0.2) is 5.91 Å². The van der Waals surface area contributed by atoms with Crippen molar-refractivity contribution in [2.75, 3.05) is 5.32 Å². The molecule has 0 saturated heterocycles. The molecular formula is C15H16N2O. The fourth-order valence-electron chi connectivity index (χ4n) is 1.76. The minimum absolute atomic E-state index is 0.415. The number of benzene rings is 2. The van der Waals surface area contributed by atoms with E-state index < -0.39 is 5.91 Å². The Morgan fingerprint density at radius 1 is 1.11 bits per heavy atom. The highest BCUT2D eigenvalue weighted by Crippen LogP contribution is 2.15. The van der Waals surface area contributed by atoms with Crippen LogP contribution in [-0.2, 0) is 6.54 Å². The summed E-state index contributed by atoms with van der Waals surface area (Å²) in [5.41, 5.74) is 9.01. The molecule has 0 aliphatic carbocycles. The van der Waals surface area contributed by atoms with E-state index in [1.807, 2.05) is 12.1 Å². The summed E-state index contributed by atoms with van der Waals surface area (Å²) in [6, 6.07) is 15.5. The van der Waals surface area contributed by atoms with Gasteiger partial charge >= 0.3 is 0 Å². The SMILES string of the molecule is Cc1ccc(CNc2ccccc2C(N)=O)cc1. The third-order valence-electron chi connectivity index (χ3n) is 2.80. The summed E-state index contributed by atoms with van der Waals surface area (Å²) < 4.78 is 0. The number of nitrogens with one attached hydrogen (secondary N) is 1. The number of anilines is 1. The van der Waals surface area contributed by atoms with Gasteiger partial charge in [0.15, 0.2) is 0 Å². The Bertz CT molecular complexity index is 547. The van der Waals surface area contributed by atoms with Crippen LogP contribution in [0.1, 0.15) is 21.5 Å². The summed E-state index contributed by atoms with van der Waals surface area (Å²) in [5, 5.41) is 3.23. The van der Waals surface area contributed by atoms with Crippen LogP contribution in [0.25, 0.3) is 0 Å². The second kappa shape index (κ2) is 5.36. The smallest absolute Gasteiger partial charge is 0.250 e. The minimum atomic E-state index is -0.415. The van der Waals surface area contributed by atoms with Crippen LogP contribution in [0.2, 0.25) is 0 Å². The van der Waals surface area contributed by atoms with Gasteiger partial charge in [0, 0.05) is 12.2 Å². The van der Waals surface area contributed by atoms with Gasteiger partial charge in [0.05, 0.1) is 5.56 Å². The van der Waals surface area contributed by atoms with Crippen molar-refractivity contribution in [3.05, 3.63) is 65.2 Å². The maximum absolute atomic E-state index is 11.3. The average molecular weight is 240 g/mol. The third kappa shape index (κ3) is 2.88. The van der Waals surface area contributed by atoms with E-state index in [9.17, 15) is 4.79 Å². The number of rotatable bonds is 4. The van der Waals surface area contributed by atoms with E-state index in [0.29, 0.717) is 12.1 Å². The molecule has 1 amide bonds. The Morgan fingerprint density at radius 2 is 1.78 bits per heavy atom. The molecule has 92 valence electrons. The molecule has 0 aliphatic rings. The van der Waals surface area contributed by atoms with Gasteiger partial charge in [-0.25, -0.2) is 0 Å². The van der Waals surface area contributed by atoms with Gasteiger partial charge in [0.25, 0.3) is 5.91 Å². The van der Waals surface area contributed by atoms with Crippen LogP contribution in [0.15, 0.2) is 48.5 Å². The number of carbonyl (C=O) groups excluding carboxylic acids is 1. The van der Waals surface area contributed by atoms with Crippen molar-refractivity contribution in [2.24, 2.45) is 5.73 Å². The van der Waals surface area contributed by atoms with Crippen LogP contribution in [0.3, 0.4) is 0 Å². The summed E-state index contributed by atoms with van der Waals surface area (Å²) >= 11 is 0. The highest BCUT2D eigenvalue weighted by molar-refractivity contribution is 5.98. The van der Waals surface area contributed by atoms with Crippen LogP contribution in [0.5, 0.6) is 0 Å². The van der Waals surface area contributed by atoms with Crippen LogP contribution in [0.4, 0.5) is 5.69 Å². The number of amides is 1. The molecule has 0 fully saturated rings. The lowest BCUT2D eigenvalue weighted by Crippen LogP contribution is -2.14. The molecule has 0 unspecified atom stereocenters. The molecular weight excluding hydrogens is 224 g/mol. The number of hydrogen-bond donors (Lipinski definition) is 2. The first-order valence-corrected chi connectivity index (χ1v) is 5.85. The van der Waals surface area contributed by atoms with Gasteiger partial charge in [-0.1, -0.05) is 42.0 Å². The Hall–Kier alpha value is -2.29. The molecule has 0 aromatic heterocycles. The largest absolute Gasteiger partial charge is 0.380 e. The Morgan fingerprint density at radius 3 is 2.44 bits per heavy atom. The molecule has 0 saturated carbocycles. The number of primary amides is 1. The van der Waals surface area contributed by atoms with E-state index in [1.54, 1.807) is 12.1 Å². The van der Waals surface area contributed by atoms with Crippen LogP contribution >= 0.6 is 0 Å². The van der Waals surface area contributed by atoms with Gasteiger partial charge in [-0.2, -0.15) is 0 Å². The van der Waals surface area contributed by atoms with Crippen LogP contribution < -0.4 is 11.1 Å². The van der Waals surface area contributed by atoms with Gasteiger partial charge < -0.3 is 11.1 Å². The van der Waals surface area contributed by atoms with Crippen molar-refractivity contribution in [3.8, 4) is 0 Å². The van der Waals surface area contributed by atoms with Gasteiger partial charge in [-0.05, 0) is 24.6 Å². The molecule has 0 atom stereocenters. The lowest BCUT2D eigenvalue weighted by Gasteiger charge is -2.10. The molecule has 3 nitrogen and oxygen atoms in total. The zero-order valence-corrected chi connectivity index (χ0v) is 10.3. The molecule has 18 heavy (non-hydrogen) atoms. The second-order valence-electron chi connectivity index (χ2n) is 4.25. The van der Waals surface area contributed by atoms with E-state index in [1.165, 1.54) is 11.1 Å². The normalized spacial score (nSPS) is 10.1. The molecule has 0 radical (unpaired) electrons. The van der Waals surface area contributed by atoms with Gasteiger partial charge in [0.1, 0.15) is 0 Å². The first-order valence-electron chi connectivity index (χ1n) is 5.85. The zero-order valence-electron chi connectivity index (χ0n) is 10.3. The predicted molar refractivity (Wildman–Crippen MR) is 73.5 cm³/mol. The summed E-state index contributed by atoms with van der Waals surface area (Å²) in [6.07, 6.45) is 0. The Kier molecular flexibility index (Phi) is 3.63.